The molecule has 6 nitrogen and oxygen atoms in total. The highest BCUT2D eigenvalue weighted by molar-refractivity contribution is 6.15. The van der Waals surface area contributed by atoms with Crippen LogP contribution in [-0.4, -0.2) is 38.3 Å². The number of aliphatic imine (C=N–C) groups is 1. The summed E-state index contributed by atoms with van der Waals surface area (Å²) >= 11 is 0. The molecular formula is C21H19F3N4O2. The number of halogens is 3. The van der Waals surface area contributed by atoms with E-state index in [1.807, 2.05) is 19.1 Å². The highest BCUT2D eigenvalue weighted by atomic mass is 19.4. The van der Waals surface area contributed by atoms with Crippen molar-refractivity contribution < 1.29 is 22.7 Å². The van der Waals surface area contributed by atoms with Gasteiger partial charge in [-0.15, -0.1) is 0 Å². The van der Waals surface area contributed by atoms with E-state index >= 15 is 0 Å². The number of benzene rings is 2. The van der Waals surface area contributed by atoms with Crippen LogP contribution < -0.4 is 15.1 Å². The fourth-order valence-electron chi connectivity index (χ4n) is 3.60. The number of carbonyl (C=O) groups is 1. The standard InChI is InChI=1S/C21H19F3N4O2/c1-12-8-10-13(11-9-12)25-20-26-17(21(22,23)24)16(19(29)30-3)18-27(2)14-6-4-5-7-15(14)28(18)20/h4-11,17H,1-3H3,(H,25,26)/t17-/m1/s1. The number of ether oxygens (including phenoxy) is 1. The lowest BCUT2D eigenvalue weighted by Crippen LogP contribution is -2.48. The number of fused-ring (bicyclic) bond motifs is 3. The Labute approximate surface area is 171 Å². The molecule has 0 bridgehead atoms. The Balaban J connectivity index is 1.91. The van der Waals surface area contributed by atoms with Gasteiger partial charge in [-0.25, -0.2) is 9.79 Å². The van der Waals surface area contributed by atoms with Crippen LogP contribution >= 0.6 is 0 Å². The molecule has 30 heavy (non-hydrogen) atoms. The molecule has 1 N–H and O–H groups in total. The third kappa shape index (κ3) is 3.16. The molecule has 2 heterocycles. The lowest BCUT2D eigenvalue weighted by atomic mass is 10.1. The van der Waals surface area contributed by atoms with Crippen LogP contribution in [0.25, 0.3) is 0 Å². The monoisotopic (exact) mass is 416 g/mol. The zero-order valence-corrected chi connectivity index (χ0v) is 16.5. The van der Waals surface area contributed by atoms with Crippen LogP contribution in [0.5, 0.6) is 0 Å². The number of nitrogens with zero attached hydrogens (tertiary/aromatic N) is 3. The van der Waals surface area contributed by atoms with Gasteiger partial charge in [0.05, 0.1) is 18.5 Å². The molecule has 2 aliphatic rings. The number of alkyl halides is 3. The van der Waals surface area contributed by atoms with Crippen molar-refractivity contribution in [1.29, 1.82) is 0 Å². The number of para-hydroxylation sites is 2. The van der Waals surface area contributed by atoms with E-state index < -0.39 is 23.8 Å². The summed E-state index contributed by atoms with van der Waals surface area (Å²) in [6.07, 6.45) is -4.78. The summed E-state index contributed by atoms with van der Waals surface area (Å²) in [5.74, 6) is -1.04. The SMILES string of the molecule is COC(=O)C1=C2N(C)c3ccccc3N2C(Nc2ccc(C)cc2)=N[C@H]1C(F)(F)F. The van der Waals surface area contributed by atoms with Crippen LogP contribution in [0.3, 0.4) is 0 Å². The van der Waals surface area contributed by atoms with Crippen molar-refractivity contribution in [2.75, 3.05) is 29.3 Å². The van der Waals surface area contributed by atoms with Crippen LogP contribution in [0.4, 0.5) is 30.2 Å². The normalized spacial score (nSPS) is 18.1. The predicted molar refractivity (Wildman–Crippen MR) is 108 cm³/mol. The van der Waals surface area contributed by atoms with Gasteiger partial charge in [0.2, 0.25) is 5.96 Å². The minimum atomic E-state index is -4.78. The summed E-state index contributed by atoms with van der Waals surface area (Å²) in [5.41, 5.74) is 2.29. The van der Waals surface area contributed by atoms with E-state index in [4.69, 9.17) is 4.74 Å². The quantitative estimate of drug-likeness (QED) is 0.749. The van der Waals surface area contributed by atoms with E-state index in [9.17, 15) is 18.0 Å². The first-order valence-corrected chi connectivity index (χ1v) is 9.16. The summed E-state index contributed by atoms with van der Waals surface area (Å²) in [6, 6.07) is 11.9. The molecule has 2 aromatic carbocycles. The highest BCUT2D eigenvalue weighted by Crippen LogP contribution is 2.46. The molecule has 2 aromatic rings. The molecule has 0 fully saturated rings. The number of methoxy groups -OCH3 is 1. The van der Waals surface area contributed by atoms with E-state index in [1.54, 1.807) is 48.3 Å². The van der Waals surface area contributed by atoms with Gasteiger partial charge in [0.15, 0.2) is 6.04 Å². The van der Waals surface area contributed by atoms with Gasteiger partial charge in [-0.05, 0) is 31.2 Å². The molecule has 0 amide bonds. The largest absolute Gasteiger partial charge is 0.465 e. The highest BCUT2D eigenvalue weighted by Gasteiger charge is 2.52. The first-order chi connectivity index (χ1) is 14.2. The molecule has 2 aliphatic heterocycles. The fraction of sp³-hybridized carbons (Fsp3) is 0.238. The van der Waals surface area contributed by atoms with E-state index in [0.29, 0.717) is 17.1 Å². The van der Waals surface area contributed by atoms with E-state index in [2.05, 4.69) is 10.3 Å². The van der Waals surface area contributed by atoms with Crippen LogP contribution in [-0.2, 0) is 9.53 Å². The minimum Gasteiger partial charge on any atom is -0.465 e. The number of hydrogen-bond donors (Lipinski definition) is 1. The van der Waals surface area contributed by atoms with Crippen molar-refractivity contribution in [3.63, 3.8) is 0 Å². The smallest absolute Gasteiger partial charge is 0.415 e. The maximum absolute atomic E-state index is 14.0. The number of hydrogen-bond acceptors (Lipinski definition) is 6. The summed E-state index contributed by atoms with van der Waals surface area (Å²) in [5, 5.41) is 2.98. The van der Waals surface area contributed by atoms with Gasteiger partial charge in [-0.3, -0.25) is 4.90 Å². The number of rotatable bonds is 2. The van der Waals surface area contributed by atoms with Crippen molar-refractivity contribution >= 4 is 29.0 Å². The van der Waals surface area contributed by atoms with Gasteiger partial charge in [0.25, 0.3) is 0 Å². The summed E-state index contributed by atoms with van der Waals surface area (Å²) in [6.45, 7) is 1.91. The first kappa shape index (κ1) is 19.8. The Kier molecular flexibility index (Phi) is 4.68. The summed E-state index contributed by atoms with van der Waals surface area (Å²) in [4.78, 5) is 19.4. The Morgan fingerprint density at radius 2 is 1.73 bits per heavy atom. The molecule has 0 aromatic heterocycles. The molecule has 0 aliphatic carbocycles. The first-order valence-electron chi connectivity index (χ1n) is 9.16. The van der Waals surface area contributed by atoms with Crippen molar-refractivity contribution in [3.05, 3.63) is 65.5 Å². The van der Waals surface area contributed by atoms with Crippen molar-refractivity contribution in [2.45, 2.75) is 19.1 Å². The van der Waals surface area contributed by atoms with E-state index in [0.717, 1.165) is 12.7 Å². The fourth-order valence-corrected chi connectivity index (χ4v) is 3.60. The molecule has 0 saturated carbocycles. The van der Waals surface area contributed by atoms with Crippen molar-refractivity contribution in [2.24, 2.45) is 4.99 Å². The maximum atomic E-state index is 14.0. The average Bonchev–Trinajstić information content (AvgIpc) is 3.02. The second-order valence-corrected chi connectivity index (χ2v) is 7.00. The molecular weight excluding hydrogens is 397 g/mol. The Bertz CT molecular complexity index is 1060. The number of guanidine groups is 1. The number of carbonyl (C=O) groups excluding carboxylic acids is 1. The molecule has 0 radical (unpaired) electrons. The Morgan fingerprint density at radius 3 is 2.33 bits per heavy atom. The molecule has 0 unspecified atom stereocenters. The minimum absolute atomic E-state index is 0.0272. The summed E-state index contributed by atoms with van der Waals surface area (Å²) < 4.78 is 46.6. The van der Waals surface area contributed by atoms with Gasteiger partial charge in [0.1, 0.15) is 11.4 Å². The zero-order valence-electron chi connectivity index (χ0n) is 16.5. The van der Waals surface area contributed by atoms with Gasteiger partial charge in [-0.1, -0.05) is 29.8 Å². The van der Waals surface area contributed by atoms with Gasteiger partial charge in [-0.2, -0.15) is 13.2 Å². The summed E-state index contributed by atoms with van der Waals surface area (Å²) in [7, 11) is 2.67. The number of anilines is 3. The van der Waals surface area contributed by atoms with Crippen LogP contribution in [0.15, 0.2) is 64.9 Å². The van der Waals surface area contributed by atoms with Crippen LogP contribution in [0.1, 0.15) is 5.56 Å². The van der Waals surface area contributed by atoms with Gasteiger partial charge in [0, 0.05) is 12.7 Å². The maximum Gasteiger partial charge on any atom is 0.415 e. The van der Waals surface area contributed by atoms with Gasteiger partial charge >= 0.3 is 12.1 Å². The Hall–Kier alpha value is -3.49. The van der Waals surface area contributed by atoms with Crippen LogP contribution in [0, 0.1) is 6.92 Å². The number of aryl methyl sites for hydroxylation is 1. The van der Waals surface area contributed by atoms with Crippen molar-refractivity contribution in [1.82, 2.24) is 0 Å². The second-order valence-electron chi connectivity index (χ2n) is 7.00. The Morgan fingerprint density at radius 1 is 1.10 bits per heavy atom. The topological polar surface area (TPSA) is 57.2 Å². The lowest BCUT2D eigenvalue weighted by Gasteiger charge is -2.34. The van der Waals surface area contributed by atoms with Gasteiger partial charge < -0.3 is 15.0 Å². The average molecular weight is 416 g/mol. The third-order valence-electron chi connectivity index (χ3n) is 5.01. The molecule has 9 heteroatoms. The molecule has 4 rings (SSSR count). The second kappa shape index (κ2) is 7.08. The molecule has 0 spiro atoms. The molecule has 156 valence electrons. The van der Waals surface area contributed by atoms with Crippen LogP contribution in [0.2, 0.25) is 0 Å². The van der Waals surface area contributed by atoms with E-state index in [-0.39, 0.29) is 11.8 Å². The molecule has 1 atom stereocenters. The number of nitrogens with one attached hydrogen (secondary N) is 1. The third-order valence-corrected chi connectivity index (χ3v) is 5.01. The van der Waals surface area contributed by atoms with E-state index in [1.165, 1.54) is 4.90 Å². The lowest BCUT2D eigenvalue weighted by molar-refractivity contribution is -0.151. The number of esters is 1. The predicted octanol–water partition coefficient (Wildman–Crippen LogP) is 4.05. The van der Waals surface area contributed by atoms with Crippen molar-refractivity contribution in [3.8, 4) is 0 Å². The zero-order chi connectivity index (χ0) is 21.6. The molecule has 0 saturated heterocycles.